The van der Waals surface area contributed by atoms with Crippen molar-refractivity contribution in [3.8, 4) is 6.07 Å². The van der Waals surface area contributed by atoms with Crippen LogP contribution in [0, 0.1) is 27.4 Å². The first kappa shape index (κ1) is 18.8. The largest absolute Gasteiger partial charge is 0.324 e. The SMILES string of the molecule is CC(=O)C(C(=O)Nc1ccccc1C#N)C(C[N+](=O)[O-])c1ccccc1. The van der Waals surface area contributed by atoms with Crippen molar-refractivity contribution < 1.29 is 14.5 Å². The van der Waals surface area contributed by atoms with Crippen molar-refractivity contribution >= 4 is 17.4 Å². The van der Waals surface area contributed by atoms with Crippen molar-refractivity contribution in [3.63, 3.8) is 0 Å². The third kappa shape index (κ3) is 4.51. The molecule has 2 rings (SSSR count). The highest BCUT2D eigenvalue weighted by molar-refractivity contribution is 6.07. The van der Waals surface area contributed by atoms with Gasteiger partial charge in [0.2, 0.25) is 12.5 Å². The molecule has 0 aliphatic rings. The molecule has 0 spiro atoms. The molecule has 1 N–H and O–H groups in total. The molecule has 0 heterocycles. The van der Waals surface area contributed by atoms with Crippen LogP contribution >= 0.6 is 0 Å². The molecular formula is C19H17N3O4. The van der Waals surface area contributed by atoms with E-state index in [1.54, 1.807) is 48.5 Å². The Hall–Kier alpha value is -3.53. The van der Waals surface area contributed by atoms with Gasteiger partial charge in [-0.15, -0.1) is 0 Å². The second-order valence-corrected chi connectivity index (χ2v) is 5.77. The second-order valence-electron chi connectivity index (χ2n) is 5.77. The van der Waals surface area contributed by atoms with Gasteiger partial charge in [-0.1, -0.05) is 42.5 Å². The minimum atomic E-state index is -1.24. The lowest BCUT2D eigenvalue weighted by Crippen LogP contribution is -2.36. The van der Waals surface area contributed by atoms with E-state index in [1.165, 1.54) is 13.0 Å². The Balaban J connectivity index is 2.38. The monoisotopic (exact) mass is 351 g/mol. The number of nitro groups is 1. The van der Waals surface area contributed by atoms with E-state index in [0.717, 1.165) is 0 Å². The highest BCUT2D eigenvalue weighted by atomic mass is 16.6. The predicted molar refractivity (Wildman–Crippen MR) is 95.0 cm³/mol. The summed E-state index contributed by atoms with van der Waals surface area (Å²) in [6.45, 7) is 0.678. The van der Waals surface area contributed by atoms with Crippen molar-refractivity contribution in [2.24, 2.45) is 5.92 Å². The number of para-hydroxylation sites is 1. The van der Waals surface area contributed by atoms with Gasteiger partial charge in [0, 0.05) is 4.92 Å². The Kier molecular flexibility index (Phi) is 6.17. The summed E-state index contributed by atoms with van der Waals surface area (Å²) in [4.78, 5) is 35.5. The maximum atomic E-state index is 12.8. The van der Waals surface area contributed by atoms with E-state index in [9.17, 15) is 19.7 Å². The molecule has 0 saturated heterocycles. The van der Waals surface area contributed by atoms with Crippen LogP contribution in [0.4, 0.5) is 5.69 Å². The lowest BCUT2D eigenvalue weighted by atomic mass is 9.83. The van der Waals surface area contributed by atoms with Crippen LogP contribution in [0.15, 0.2) is 54.6 Å². The van der Waals surface area contributed by atoms with Crippen molar-refractivity contribution in [1.29, 1.82) is 5.26 Å². The topological polar surface area (TPSA) is 113 Å². The normalized spacial score (nSPS) is 12.5. The van der Waals surface area contributed by atoms with Gasteiger partial charge in [0.1, 0.15) is 17.8 Å². The number of carbonyl (C=O) groups excluding carboxylic acids is 2. The summed E-state index contributed by atoms with van der Waals surface area (Å²) in [5, 5.41) is 22.8. The Labute approximate surface area is 150 Å². The molecule has 0 saturated carbocycles. The Morgan fingerprint density at radius 1 is 1.15 bits per heavy atom. The van der Waals surface area contributed by atoms with E-state index in [4.69, 9.17) is 5.26 Å². The lowest BCUT2D eigenvalue weighted by Gasteiger charge is -2.22. The van der Waals surface area contributed by atoms with Gasteiger partial charge in [0.05, 0.1) is 17.2 Å². The summed E-state index contributed by atoms with van der Waals surface area (Å²) in [7, 11) is 0. The minimum Gasteiger partial charge on any atom is -0.324 e. The van der Waals surface area contributed by atoms with E-state index in [-0.39, 0.29) is 11.3 Å². The van der Waals surface area contributed by atoms with Crippen LogP contribution in [0.2, 0.25) is 0 Å². The van der Waals surface area contributed by atoms with Gasteiger partial charge in [-0.05, 0) is 24.6 Å². The van der Waals surface area contributed by atoms with E-state index in [0.29, 0.717) is 5.56 Å². The third-order valence-corrected chi connectivity index (χ3v) is 4.00. The molecule has 0 radical (unpaired) electrons. The van der Waals surface area contributed by atoms with Crippen LogP contribution in [-0.2, 0) is 9.59 Å². The number of benzene rings is 2. The number of rotatable bonds is 7. The molecule has 0 fully saturated rings. The second kappa shape index (κ2) is 8.53. The van der Waals surface area contributed by atoms with Crippen LogP contribution in [0.1, 0.15) is 24.0 Å². The first-order valence-electron chi connectivity index (χ1n) is 7.91. The fourth-order valence-corrected chi connectivity index (χ4v) is 2.81. The zero-order valence-corrected chi connectivity index (χ0v) is 14.1. The zero-order valence-electron chi connectivity index (χ0n) is 14.1. The number of nitrogens with one attached hydrogen (secondary N) is 1. The van der Waals surface area contributed by atoms with Crippen molar-refractivity contribution in [2.45, 2.75) is 12.8 Å². The molecule has 2 unspecified atom stereocenters. The molecular weight excluding hydrogens is 334 g/mol. The number of hydrogen-bond acceptors (Lipinski definition) is 5. The Morgan fingerprint density at radius 2 is 1.77 bits per heavy atom. The smallest absolute Gasteiger partial charge is 0.235 e. The van der Waals surface area contributed by atoms with Gasteiger partial charge in [-0.3, -0.25) is 19.7 Å². The molecule has 7 nitrogen and oxygen atoms in total. The number of hydrogen-bond donors (Lipinski definition) is 1. The molecule has 132 valence electrons. The van der Waals surface area contributed by atoms with Crippen molar-refractivity contribution in [2.75, 3.05) is 11.9 Å². The summed E-state index contributed by atoms with van der Waals surface area (Å²) < 4.78 is 0. The average Bonchev–Trinajstić information content (AvgIpc) is 2.61. The molecule has 0 aliphatic heterocycles. The third-order valence-electron chi connectivity index (χ3n) is 4.00. The number of carbonyl (C=O) groups is 2. The molecule has 2 atom stereocenters. The van der Waals surface area contributed by atoms with E-state index >= 15 is 0 Å². The van der Waals surface area contributed by atoms with Gasteiger partial charge in [-0.25, -0.2) is 0 Å². The van der Waals surface area contributed by atoms with Crippen LogP contribution in [0.25, 0.3) is 0 Å². The summed E-state index contributed by atoms with van der Waals surface area (Å²) in [6, 6.07) is 16.8. The summed E-state index contributed by atoms with van der Waals surface area (Å²) in [5.74, 6) is -3.30. The number of ketones is 1. The van der Waals surface area contributed by atoms with Gasteiger partial charge < -0.3 is 5.32 Å². The van der Waals surface area contributed by atoms with Crippen LogP contribution in [0.3, 0.4) is 0 Å². The Morgan fingerprint density at radius 3 is 2.35 bits per heavy atom. The Bertz CT molecular complexity index is 859. The molecule has 26 heavy (non-hydrogen) atoms. The number of anilines is 1. The van der Waals surface area contributed by atoms with Crippen molar-refractivity contribution in [1.82, 2.24) is 0 Å². The molecule has 0 aliphatic carbocycles. The molecule has 1 amide bonds. The standard InChI is InChI=1S/C19H17N3O4/c1-13(23)18(16(12-22(25)26)14-7-3-2-4-8-14)19(24)21-17-10-6-5-9-15(17)11-20/h2-10,16,18H,12H2,1H3,(H,21,24). The summed E-state index contributed by atoms with van der Waals surface area (Å²) in [5.41, 5.74) is 1.04. The highest BCUT2D eigenvalue weighted by Gasteiger charge is 2.37. The van der Waals surface area contributed by atoms with Gasteiger partial charge >= 0.3 is 0 Å². The number of Topliss-reactive ketones (excluding diaryl/α,β-unsaturated/α-hetero) is 1. The quantitative estimate of drug-likeness (QED) is 0.468. The maximum Gasteiger partial charge on any atom is 0.235 e. The molecule has 2 aromatic rings. The van der Waals surface area contributed by atoms with Crippen LogP contribution in [-0.4, -0.2) is 23.2 Å². The lowest BCUT2D eigenvalue weighted by molar-refractivity contribution is -0.484. The number of nitriles is 1. The highest BCUT2D eigenvalue weighted by Crippen LogP contribution is 2.28. The number of amides is 1. The zero-order chi connectivity index (χ0) is 19.1. The fraction of sp³-hybridized carbons (Fsp3) is 0.211. The van der Waals surface area contributed by atoms with E-state index in [1.807, 2.05) is 6.07 Å². The average molecular weight is 351 g/mol. The number of nitrogens with zero attached hydrogens (tertiary/aromatic N) is 2. The van der Waals surface area contributed by atoms with E-state index in [2.05, 4.69) is 5.32 Å². The van der Waals surface area contributed by atoms with E-state index < -0.39 is 35.0 Å². The molecule has 7 heteroatoms. The minimum absolute atomic E-state index is 0.244. The first-order chi connectivity index (χ1) is 12.4. The molecule has 0 aromatic heterocycles. The summed E-state index contributed by atoms with van der Waals surface area (Å²) >= 11 is 0. The van der Waals surface area contributed by atoms with Gasteiger partial charge in [0.15, 0.2) is 0 Å². The van der Waals surface area contributed by atoms with Crippen LogP contribution in [0.5, 0.6) is 0 Å². The van der Waals surface area contributed by atoms with Gasteiger partial charge in [0.25, 0.3) is 0 Å². The predicted octanol–water partition coefficient (Wildman–Crippen LogP) is 2.76. The molecule has 2 aromatic carbocycles. The molecule has 0 bridgehead atoms. The van der Waals surface area contributed by atoms with Crippen LogP contribution < -0.4 is 5.32 Å². The maximum absolute atomic E-state index is 12.8. The van der Waals surface area contributed by atoms with Gasteiger partial charge in [-0.2, -0.15) is 5.26 Å². The first-order valence-corrected chi connectivity index (χ1v) is 7.91. The fourth-order valence-electron chi connectivity index (χ4n) is 2.81. The van der Waals surface area contributed by atoms with Crippen molar-refractivity contribution in [3.05, 3.63) is 75.8 Å². The summed E-state index contributed by atoms with van der Waals surface area (Å²) in [6.07, 6.45) is 0.